The summed E-state index contributed by atoms with van der Waals surface area (Å²) in [6, 6.07) is 20.6. The summed E-state index contributed by atoms with van der Waals surface area (Å²) in [6.45, 7) is 9.12. The Hall–Kier alpha value is -2.84. The second-order valence-electron chi connectivity index (χ2n) is 9.18. The summed E-state index contributed by atoms with van der Waals surface area (Å²) in [6.07, 6.45) is 2.24. The molecule has 0 N–H and O–H groups in total. The van der Waals surface area contributed by atoms with Gasteiger partial charge >= 0.3 is 0 Å². The Morgan fingerprint density at radius 2 is 1.55 bits per heavy atom. The first kappa shape index (κ1) is 18.9. The molecular weight excluding hydrogens is 394 g/mol. The summed E-state index contributed by atoms with van der Waals surface area (Å²) >= 11 is 1.96. The van der Waals surface area contributed by atoms with Crippen LogP contribution in [0.1, 0.15) is 36.5 Å². The van der Waals surface area contributed by atoms with Crippen LogP contribution in [0.4, 0.5) is 0 Å². The molecule has 0 saturated carbocycles. The first-order chi connectivity index (χ1) is 15.0. The van der Waals surface area contributed by atoms with Gasteiger partial charge in [0.15, 0.2) is 6.20 Å². The summed E-state index contributed by atoms with van der Waals surface area (Å²) in [5, 5.41) is 8.18. The lowest BCUT2D eigenvalue weighted by atomic mass is 9.90. The van der Waals surface area contributed by atoms with E-state index in [0.29, 0.717) is 5.92 Å². The van der Waals surface area contributed by atoms with Gasteiger partial charge in [-0.15, -0.1) is 0 Å². The fourth-order valence-corrected chi connectivity index (χ4v) is 6.63. The third-order valence-corrected chi connectivity index (χ3v) is 8.27. The van der Waals surface area contributed by atoms with Crippen molar-refractivity contribution in [3.05, 3.63) is 77.5 Å². The lowest BCUT2D eigenvalue weighted by molar-refractivity contribution is -0.659. The maximum atomic E-state index is 2.42. The van der Waals surface area contributed by atoms with Crippen LogP contribution in [-0.4, -0.2) is 0 Å². The lowest BCUT2D eigenvalue weighted by Gasteiger charge is -2.24. The number of hydrogen-bond donors (Lipinski definition) is 0. The molecule has 0 bridgehead atoms. The molecule has 0 radical (unpaired) electrons. The second kappa shape index (κ2) is 6.58. The zero-order valence-electron chi connectivity index (χ0n) is 18.7. The molecule has 0 amide bonds. The van der Waals surface area contributed by atoms with Crippen LogP contribution in [0.25, 0.3) is 43.6 Å². The largest absolute Gasteiger partial charge is 0.222 e. The number of aryl methyl sites for hydroxylation is 3. The van der Waals surface area contributed by atoms with Crippen molar-refractivity contribution in [2.24, 2.45) is 7.05 Å². The van der Waals surface area contributed by atoms with Crippen molar-refractivity contribution in [1.82, 2.24) is 0 Å². The van der Waals surface area contributed by atoms with Gasteiger partial charge in [-0.2, -0.15) is 0 Å². The minimum atomic E-state index is 0.533. The molecule has 0 aliphatic carbocycles. The van der Waals surface area contributed by atoms with E-state index in [2.05, 4.69) is 100 Å². The molecule has 0 saturated heterocycles. The monoisotopic (exact) mass is 420 g/mol. The van der Waals surface area contributed by atoms with Gasteiger partial charge in [0.2, 0.25) is 5.69 Å². The summed E-state index contributed by atoms with van der Waals surface area (Å²) in [4.78, 5) is 2.78. The molecule has 5 aromatic rings. The van der Waals surface area contributed by atoms with Gasteiger partial charge in [0.25, 0.3) is 0 Å². The fraction of sp³-hybridized carbons (Fsp3) is 0.207. The van der Waals surface area contributed by atoms with Gasteiger partial charge in [0.1, 0.15) is 7.05 Å². The Morgan fingerprint density at radius 3 is 2.29 bits per heavy atom. The number of pyridine rings is 1. The number of nitrogens with zero attached hydrogens (tertiary/aromatic N) is 1. The maximum absolute atomic E-state index is 2.42. The fourth-order valence-electron chi connectivity index (χ4n) is 5.30. The van der Waals surface area contributed by atoms with Gasteiger partial charge in [-0.3, -0.25) is 0 Å². The Bertz CT molecular complexity index is 1560. The lowest BCUT2D eigenvalue weighted by Crippen LogP contribution is -2.31. The van der Waals surface area contributed by atoms with Crippen LogP contribution in [0.5, 0.6) is 0 Å². The summed E-state index contributed by atoms with van der Waals surface area (Å²) < 4.78 is 2.32. The number of fused-ring (bicyclic) bond motifs is 5. The van der Waals surface area contributed by atoms with E-state index >= 15 is 0 Å². The molecule has 1 aromatic heterocycles. The van der Waals surface area contributed by atoms with E-state index in [1.807, 2.05) is 11.8 Å². The van der Waals surface area contributed by atoms with E-state index in [-0.39, 0.29) is 0 Å². The third-order valence-electron chi connectivity index (χ3n) is 7.02. The quantitative estimate of drug-likeness (QED) is 0.193. The Morgan fingerprint density at radius 1 is 0.806 bits per heavy atom. The van der Waals surface area contributed by atoms with E-state index in [1.54, 1.807) is 0 Å². The van der Waals surface area contributed by atoms with Crippen molar-refractivity contribution in [2.45, 2.75) is 43.4 Å². The van der Waals surface area contributed by atoms with Crippen molar-refractivity contribution in [1.29, 1.82) is 0 Å². The van der Waals surface area contributed by atoms with Crippen molar-refractivity contribution in [2.75, 3.05) is 0 Å². The first-order valence-electron chi connectivity index (χ1n) is 11.0. The van der Waals surface area contributed by atoms with E-state index < -0.39 is 0 Å². The van der Waals surface area contributed by atoms with Gasteiger partial charge in [-0.25, -0.2) is 4.57 Å². The maximum Gasteiger partial charge on any atom is 0.222 e. The smallest absolute Gasteiger partial charge is 0.200 e. The Kier molecular flexibility index (Phi) is 4.01. The number of rotatable bonds is 1. The summed E-state index contributed by atoms with van der Waals surface area (Å²) in [5.74, 6) is 0.533. The van der Waals surface area contributed by atoms with Crippen molar-refractivity contribution < 1.29 is 4.57 Å². The van der Waals surface area contributed by atoms with Gasteiger partial charge in [-0.1, -0.05) is 68.1 Å². The molecule has 4 aromatic carbocycles. The van der Waals surface area contributed by atoms with Gasteiger partial charge in [0.05, 0.1) is 10.9 Å². The number of hydrogen-bond acceptors (Lipinski definition) is 1. The van der Waals surface area contributed by atoms with E-state index in [4.69, 9.17) is 0 Å². The first-order valence-corrected chi connectivity index (χ1v) is 11.9. The van der Waals surface area contributed by atoms with Gasteiger partial charge < -0.3 is 0 Å². The highest BCUT2D eigenvalue weighted by Gasteiger charge is 2.31. The van der Waals surface area contributed by atoms with Crippen LogP contribution in [0.15, 0.2) is 70.6 Å². The van der Waals surface area contributed by atoms with Crippen LogP contribution in [0.2, 0.25) is 0 Å². The molecule has 2 heterocycles. The molecule has 0 fully saturated rings. The van der Waals surface area contributed by atoms with Crippen LogP contribution in [-0.2, 0) is 7.05 Å². The van der Waals surface area contributed by atoms with Crippen LogP contribution < -0.4 is 4.57 Å². The van der Waals surface area contributed by atoms with E-state index in [1.165, 1.54) is 70.1 Å². The van der Waals surface area contributed by atoms with Crippen molar-refractivity contribution in [3.63, 3.8) is 0 Å². The molecule has 1 aliphatic rings. The molecule has 1 nitrogen and oxygen atoms in total. The molecule has 152 valence electrons. The SMILES string of the molecule is Cc1c2c(c(C)c3ccccc13)-c1c3c(cc4cc(C(C)C)ccc4c3cc[n+]1C)S2. The van der Waals surface area contributed by atoms with Gasteiger partial charge in [-0.05, 0) is 64.1 Å². The summed E-state index contributed by atoms with van der Waals surface area (Å²) in [5.41, 5.74) is 6.93. The molecule has 0 unspecified atom stereocenters. The van der Waals surface area contributed by atoms with Crippen molar-refractivity contribution >= 4 is 44.1 Å². The highest BCUT2D eigenvalue weighted by Crippen LogP contribution is 2.52. The zero-order valence-corrected chi connectivity index (χ0v) is 19.5. The van der Waals surface area contributed by atoms with Crippen molar-refractivity contribution in [3.8, 4) is 11.3 Å². The predicted octanol–water partition coefficient (Wildman–Crippen LogP) is 7.84. The topological polar surface area (TPSA) is 3.88 Å². The zero-order chi connectivity index (χ0) is 21.4. The number of benzene rings is 4. The van der Waals surface area contributed by atoms with E-state index in [9.17, 15) is 0 Å². The average molecular weight is 421 g/mol. The molecule has 31 heavy (non-hydrogen) atoms. The molecule has 1 aliphatic heterocycles. The third kappa shape index (κ3) is 2.55. The molecule has 0 spiro atoms. The normalized spacial score (nSPS) is 12.8. The standard InChI is InChI=1S/C29H26NS/c1-16(2)19-10-11-23-20(14-19)15-25-27-24(23)12-13-30(5)28(27)26-17(3)21-8-6-7-9-22(21)18(4)29(26)31-25/h6-16H,1-5H3/q+1. The highest BCUT2D eigenvalue weighted by atomic mass is 32.2. The number of aromatic nitrogens is 1. The highest BCUT2D eigenvalue weighted by molar-refractivity contribution is 8.00. The molecular formula is C29H26NS+. The molecule has 0 atom stereocenters. The van der Waals surface area contributed by atoms with Crippen LogP contribution >= 0.6 is 11.8 Å². The Labute approximate surface area is 187 Å². The van der Waals surface area contributed by atoms with Crippen LogP contribution in [0, 0.1) is 13.8 Å². The summed E-state index contributed by atoms with van der Waals surface area (Å²) in [7, 11) is 2.19. The second-order valence-corrected chi connectivity index (χ2v) is 10.2. The predicted molar refractivity (Wildman–Crippen MR) is 133 cm³/mol. The van der Waals surface area contributed by atoms with Gasteiger partial charge in [0, 0.05) is 21.2 Å². The molecule has 6 rings (SSSR count). The minimum Gasteiger partial charge on any atom is -0.200 e. The average Bonchev–Trinajstić information content (AvgIpc) is 2.78. The van der Waals surface area contributed by atoms with E-state index in [0.717, 1.165) is 0 Å². The Balaban J connectivity index is 1.80. The molecule has 2 heteroatoms. The van der Waals surface area contributed by atoms with Crippen LogP contribution in [0.3, 0.4) is 0 Å². The minimum absolute atomic E-state index is 0.533.